The summed E-state index contributed by atoms with van der Waals surface area (Å²) in [5.74, 6) is 0.820. The minimum atomic E-state index is -0.0708. The molecule has 1 aromatic carbocycles. The lowest BCUT2D eigenvalue weighted by molar-refractivity contribution is 0.0963. The van der Waals surface area contributed by atoms with Crippen LogP contribution in [0.2, 0.25) is 0 Å². The molecule has 1 saturated heterocycles. The van der Waals surface area contributed by atoms with Crippen LogP contribution in [0.15, 0.2) is 36.4 Å². The molecule has 2 aliphatic rings. The molecule has 1 spiro atoms. The number of amides is 1. The highest BCUT2D eigenvalue weighted by molar-refractivity contribution is 5.94. The molecular formula is C21H26N4O. The van der Waals surface area contributed by atoms with Crippen molar-refractivity contribution < 1.29 is 4.79 Å². The molecule has 0 radical (unpaired) electrons. The van der Waals surface area contributed by atoms with Crippen molar-refractivity contribution >= 4 is 11.7 Å². The number of carbonyl (C=O) groups is 1. The van der Waals surface area contributed by atoms with Crippen LogP contribution >= 0.6 is 0 Å². The van der Waals surface area contributed by atoms with Gasteiger partial charge in [-0.05, 0) is 54.9 Å². The Kier molecular flexibility index (Phi) is 4.19. The summed E-state index contributed by atoms with van der Waals surface area (Å²) in [4.78, 5) is 19.0. The standard InChI is InChI=1S/C21H26N4O/c1-14-11-16(20(26)23-2)12-18(24-14)25-9-7-21(8-10-25)13-15-5-3-4-6-17(15)19(21)22/h3-6,11-12,19H,7-10,13,22H2,1-2H3,(H,23,26)/t19-/m1/s1. The lowest BCUT2D eigenvalue weighted by atomic mass is 9.73. The fourth-order valence-corrected chi connectivity index (χ4v) is 4.58. The van der Waals surface area contributed by atoms with Gasteiger partial charge in [0.2, 0.25) is 0 Å². The Balaban J connectivity index is 1.53. The van der Waals surface area contributed by atoms with Gasteiger partial charge < -0.3 is 16.0 Å². The Morgan fingerprint density at radius 3 is 2.69 bits per heavy atom. The molecule has 0 unspecified atom stereocenters. The molecule has 1 aliphatic carbocycles. The predicted molar refractivity (Wildman–Crippen MR) is 103 cm³/mol. The van der Waals surface area contributed by atoms with E-state index < -0.39 is 0 Å². The first kappa shape index (κ1) is 17.0. The highest BCUT2D eigenvalue weighted by Gasteiger charge is 2.45. The summed E-state index contributed by atoms with van der Waals surface area (Å²) in [5, 5.41) is 2.69. The summed E-state index contributed by atoms with van der Waals surface area (Å²) in [6.07, 6.45) is 3.17. The summed E-state index contributed by atoms with van der Waals surface area (Å²) >= 11 is 0. The van der Waals surface area contributed by atoms with Gasteiger partial charge in [-0.3, -0.25) is 4.79 Å². The zero-order chi connectivity index (χ0) is 18.3. The van der Waals surface area contributed by atoms with Gasteiger partial charge in [0.1, 0.15) is 5.82 Å². The number of anilines is 1. The average molecular weight is 350 g/mol. The molecule has 5 nitrogen and oxygen atoms in total. The molecule has 5 heteroatoms. The molecule has 136 valence electrons. The number of hydrogen-bond acceptors (Lipinski definition) is 4. The monoisotopic (exact) mass is 350 g/mol. The molecule has 1 aromatic heterocycles. The predicted octanol–water partition coefficient (Wildman–Crippen LogP) is 2.59. The Hall–Kier alpha value is -2.40. The Labute approximate surface area is 154 Å². The van der Waals surface area contributed by atoms with Crippen molar-refractivity contribution in [3.8, 4) is 0 Å². The van der Waals surface area contributed by atoms with Gasteiger partial charge in [0.25, 0.3) is 5.91 Å². The molecule has 1 atom stereocenters. The number of rotatable bonds is 2. The average Bonchev–Trinajstić information content (AvgIpc) is 2.93. The van der Waals surface area contributed by atoms with Crippen molar-refractivity contribution in [3.63, 3.8) is 0 Å². The van der Waals surface area contributed by atoms with Gasteiger partial charge in [0.15, 0.2) is 0 Å². The van der Waals surface area contributed by atoms with Gasteiger partial charge in [-0.1, -0.05) is 24.3 Å². The second-order valence-corrected chi connectivity index (χ2v) is 7.64. The molecule has 1 fully saturated rings. The lowest BCUT2D eigenvalue weighted by Crippen LogP contribution is -2.44. The number of aryl methyl sites for hydroxylation is 1. The van der Waals surface area contributed by atoms with Gasteiger partial charge >= 0.3 is 0 Å². The van der Waals surface area contributed by atoms with Crippen molar-refractivity contribution in [1.29, 1.82) is 0 Å². The van der Waals surface area contributed by atoms with E-state index in [9.17, 15) is 4.79 Å². The topological polar surface area (TPSA) is 71.2 Å². The summed E-state index contributed by atoms with van der Waals surface area (Å²) in [6.45, 7) is 3.78. The fraction of sp³-hybridized carbons (Fsp3) is 0.429. The number of aromatic nitrogens is 1. The van der Waals surface area contributed by atoms with Crippen molar-refractivity contribution in [2.75, 3.05) is 25.0 Å². The highest BCUT2D eigenvalue weighted by atomic mass is 16.1. The molecule has 4 rings (SSSR count). The van der Waals surface area contributed by atoms with Crippen molar-refractivity contribution in [2.45, 2.75) is 32.2 Å². The number of piperidine rings is 1. The van der Waals surface area contributed by atoms with Crippen LogP contribution in [0.25, 0.3) is 0 Å². The van der Waals surface area contributed by atoms with Crippen LogP contribution in [-0.2, 0) is 6.42 Å². The van der Waals surface area contributed by atoms with Gasteiger partial charge in [-0.25, -0.2) is 4.98 Å². The molecule has 0 bridgehead atoms. The van der Waals surface area contributed by atoms with Gasteiger partial charge in [-0.2, -0.15) is 0 Å². The third-order valence-corrected chi connectivity index (χ3v) is 6.10. The smallest absolute Gasteiger partial charge is 0.251 e. The van der Waals surface area contributed by atoms with Crippen LogP contribution in [0, 0.1) is 12.3 Å². The van der Waals surface area contributed by atoms with E-state index in [2.05, 4.69) is 39.5 Å². The summed E-state index contributed by atoms with van der Waals surface area (Å²) in [5.41, 5.74) is 11.1. The first-order valence-electron chi connectivity index (χ1n) is 9.31. The normalized spacial score (nSPS) is 20.9. The lowest BCUT2D eigenvalue weighted by Gasteiger charge is -2.42. The number of hydrogen-bond donors (Lipinski definition) is 2. The quantitative estimate of drug-likeness (QED) is 0.873. The van der Waals surface area contributed by atoms with Crippen LogP contribution in [-0.4, -0.2) is 31.0 Å². The largest absolute Gasteiger partial charge is 0.357 e. The second kappa shape index (κ2) is 6.40. The molecule has 2 aromatic rings. The summed E-state index contributed by atoms with van der Waals surface area (Å²) < 4.78 is 0. The van der Waals surface area contributed by atoms with Crippen LogP contribution in [0.5, 0.6) is 0 Å². The number of benzene rings is 1. The van der Waals surface area contributed by atoms with Gasteiger partial charge in [0, 0.05) is 37.4 Å². The maximum absolute atomic E-state index is 12.0. The van der Waals surface area contributed by atoms with E-state index in [1.807, 2.05) is 19.1 Å². The molecule has 3 N–H and O–H groups in total. The van der Waals surface area contributed by atoms with E-state index in [-0.39, 0.29) is 17.4 Å². The Bertz CT molecular complexity index is 840. The summed E-state index contributed by atoms with van der Waals surface area (Å²) in [6, 6.07) is 12.4. The number of carbonyl (C=O) groups excluding carboxylic acids is 1. The molecule has 0 saturated carbocycles. The first-order valence-corrected chi connectivity index (χ1v) is 9.31. The highest BCUT2D eigenvalue weighted by Crippen LogP contribution is 2.50. The van der Waals surface area contributed by atoms with Crippen molar-refractivity contribution in [1.82, 2.24) is 10.3 Å². The third kappa shape index (κ3) is 2.76. The Morgan fingerprint density at radius 2 is 2.00 bits per heavy atom. The third-order valence-electron chi connectivity index (χ3n) is 6.10. The molecule has 1 aliphatic heterocycles. The number of nitrogens with one attached hydrogen (secondary N) is 1. The number of pyridine rings is 1. The summed E-state index contributed by atoms with van der Waals surface area (Å²) in [7, 11) is 1.65. The second-order valence-electron chi connectivity index (χ2n) is 7.64. The number of nitrogens with zero attached hydrogens (tertiary/aromatic N) is 2. The molecule has 1 amide bonds. The minimum absolute atomic E-state index is 0.0708. The maximum Gasteiger partial charge on any atom is 0.251 e. The van der Waals surface area contributed by atoms with Gasteiger partial charge in [0.05, 0.1) is 0 Å². The Morgan fingerprint density at radius 1 is 1.27 bits per heavy atom. The van der Waals surface area contributed by atoms with Crippen LogP contribution in [0.4, 0.5) is 5.82 Å². The maximum atomic E-state index is 12.0. The van der Waals surface area contributed by atoms with Crippen LogP contribution < -0.4 is 16.0 Å². The van der Waals surface area contributed by atoms with Crippen molar-refractivity contribution in [2.24, 2.45) is 11.1 Å². The van der Waals surface area contributed by atoms with E-state index in [1.165, 1.54) is 11.1 Å². The van der Waals surface area contributed by atoms with Crippen LogP contribution in [0.3, 0.4) is 0 Å². The SMILES string of the molecule is CNC(=O)c1cc(C)nc(N2CCC3(CC2)Cc2ccccc2[C@H]3N)c1. The van der Waals surface area contributed by atoms with E-state index in [0.29, 0.717) is 5.56 Å². The van der Waals surface area contributed by atoms with Crippen molar-refractivity contribution in [3.05, 3.63) is 58.8 Å². The van der Waals surface area contributed by atoms with E-state index in [0.717, 1.165) is 43.9 Å². The van der Waals surface area contributed by atoms with E-state index in [1.54, 1.807) is 7.05 Å². The van der Waals surface area contributed by atoms with E-state index >= 15 is 0 Å². The zero-order valence-corrected chi connectivity index (χ0v) is 15.5. The number of fused-ring (bicyclic) bond motifs is 1. The fourth-order valence-electron chi connectivity index (χ4n) is 4.58. The van der Waals surface area contributed by atoms with Gasteiger partial charge in [-0.15, -0.1) is 0 Å². The van der Waals surface area contributed by atoms with Crippen LogP contribution in [0.1, 0.15) is 46.1 Å². The molecule has 26 heavy (non-hydrogen) atoms. The minimum Gasteiger partial charge on any atom is -0.357 e. The zero-order valence-electron chi connectivity index (χ0n) is 15.5. The first-order chi connectivity index (χ1) is 12.5. The number of nitrogens with two attached hydrogens (primary N) is 1. The molecule has 2 heterocycles. The molecular weight excluding hydrogens is 324 g/mol. The van der Waals surface area contributed by atoms with E-state index in [4.69, 9.17) is 5.73 Å².